The maximum absolute atomic E-state index is 13.5. The van der Waals surface area contributed by atoms with E-state index < -0.39 is 6.04 Å². The van der Waals surface area contributed by atoms with Crippen LogP contribution < -0.4 is 16.6 Å². The van der Waals surface area contributed by atoms with Crippen LogP contribution in [0.25, 0.3) is 22.4 Å². The van der Waals surface area contributed by atoms with Gasteiger partial charge in [0, 0.05) is 18.6 Å². The van der Waals surface area contributed by atoms with Gasteiger partial charge in [0.25, 0.3) is 11.4 Å². The number of nitrogens with one attached hydrogen (secondary N) is 1. The summed E-state index contributed by atoms with van der Waals surface area (Å²) in [7, 11) is 0. The first-order valence-electron chi connectivity index (χ1n) is 10.4. The molecule has 0 amide bonds. The van der Waals surface area contributed by atoms with Crippen LogP contribution >= 0.6 is 11.6 Å². The molecule has 11 nitrogen and oxygen atoms in total. The Morgan fingerprint density at radius 2 is 2.18 bits per heavy atom. The molecule has 0 spiro atoms. The number of aliphatic hydroxyl groups is 1. The second kappa shape index (κ2) is 8.09. The molecule has 0 radical (unpaired) electrons. The summed E-state index contributed by atoms with van der Waals surface area (Å²) in [5.41, 5.74) is 6.69. The minimum atomic E-state index is -0.474. The van der Waals surface area contributed by atoms with Crippen LogP contribution in [0.3, 0.4) is 0 Å². The summed E-state index contributed by atoms with van der Waals surface area (Å²) in [6.45, 7) is 3.53. The molecule has 5 rings (SSSR count). The Morgan fingerprint density at radius 1 is 1.36 bits per heavy atom. The van der Waals surface area contributed by atoms with Crippen molar-refractivity contribution in [3.63, 3.8) is 0 Å². The van der Waals surface area contributed by atoms with Crippen LogP contribution in [0.2, 0.25) is 5.02 Å². The predicted octanol–water partition coefficient (Wildman–Crippen LogP) is 2.51. The van der Waals surface area contributed by atoms with Crippen LogP contribution in [0, 0.1) is 12.8 Å². The molecule has 33 heavy (non-hydrogen) atoms. The maximum atomic E-state index is 13.5. The van der Waals surface area contributed by atoms with Crippen molar-refractivity contribution in [1.29, 1.82) is 0 Å². The Hall–Kier alpha value is -3.57. The zero-order chi connectivity index (χ0) is 23.3. The van der Waals surface area contributed by atoms with Crippen molar-refractivity contribution in [2.75, 3.05) is 17.7 Å². The molecule has 170 valence electrons. The Labute approximate surface area is 192 Å². The lowest BCUT2D eigenvalue weighted by Crippen LogP contribution is -2.29. The van der Waals surface area contributed by atoms with E-state index in [1.807, 2.05) is 6.92 Å². The number of fused-ring (bicyclic) bond motifs is 1. The fourth-order valence-corrected chi connectivity index (χ4v) is 4.23. The topological polar surface area (TPSA) is 158 Å². The summed E-state index contributed by atoms with van der Waals surface area (Å²) < 4.78 is 6.89. The van der Waals surface area contributed by atoms with Crippen LogP contribution in [0.5, 0.6) is 0 Å². The quantitative estimate of drug-likeness (QED) is 0.383. The van der Waals surface area contributed by atoms with Crippen LogP contribution in [0.1, 0.15) is 37.1 Å². The van der Waals surface area contributed by atoms with Gasteiger partial charge in [-0.25, -0.2) is 15.0 Å². The molecular weight excluding hydrogens is 448 g/mol. The number of nitrogens with zero attached hydrogens (tertiary/aromatic N) is 6. The first-order valence-corrected chi connectivity index (χ1v) is 10.8. The summed E-state index contributed by atoms with van der Waals surface area (Å²) in [6, 6.07) is 4.52. The zero-order valence-corrected chi connectivity index (χ0v) is 18.6. The van der Waals surface area contributed by atoms with Gasteiger partial charge in [0.2, 0.25) is 0 Å². The number of rotatable bonds is 6. The number of hydrogen-bond donors (Lipinski definition) is 3. The van der Waals surface area contributed by atoms with E-state index in [4.69, 9.17) is 26.8 Å². The van der Waals surface area contributed by atoms with Crippen molar-refractivity contribution in [3.05, 3.63) is 51.6 Å². The number of hydrogen-bond acceptors (Lipinski definition) is 10. The molecule has 1 aliphatic carbocycles. The molecule has 0 aliphatic heterocycles. The summed E-state index contributed by atoms with van der Waals surface area (Å²) >= 11 is 6.33. The minimum absolute atomic E-state index is 0.0119. The van der Waals surface area contributed by atoms with Gasteiger partial charge in [0.1, 0.15) is 29.4 Å². The summed E-state index contributed by atoms with van der Waals surface area (Å²) in [4.78, 5) is 30.8. The van der Waals surface area contributed by atoms with Crippen molar-refractivity contribution >= 4 is 34.1 Å². The number of aryl methyl sites for hydroxylation is 1. The van der Waals surface area contributed by atoms with E-state index in [-0.39, 0.29) is 35.8 Å². The summed E-state index contributed by atoms with van der Waals surface area (Å²) in [6.07, 6.45) is 2.00. The van der Waals surface area contributed by atoms with Crippen LogP contribution in [-0.4, -0.2) is 41.4 Å². The average molecular weight is 469 g/mol. The van der Waals surface area contributed by atoms with Gasteiger partial charge in [-0.2, -0.15) is 4.98 Å². The number of nitrogen functional groups attached to an aromatic ring is 1. The molecular formula is C21H21ClN8O3. The van der Waals surface area contributed by atoms with Gasteiger partial charge in [-0.05, 0) is 32.4 Å². The normalized spacial score (nSPS) is 18.4. The lowest BCUT2D eigenvalue weighted by molar-refractivity contribution is 0.267. The number of nitrogens with two attached hydrogens (primary N) is 1. The van der Waals surface area contributed by atoms with E-state index in [1.165, 1.54) is 6.33 Å². The standard InChI is InChI=1S/C21H21ClN8O3/c1-9(26-18-16(17(23)24-8-25-18)20-27-10(2)29-33-20)19-28-13-5-3-4-12(22)15(13)21(32)30(19)14-6-11(14)7-31/h3-5,8-9,11,14,31H,6-7H2,1-2H3,(H3,23,24,25,26). The van der Waals surface area contributed by atoms with E-state index in [1.54, 1.807) is 29.7 Å². The van der Waals surface area contributed by atoms with Gasteiger partial charge in [-0.3, -0.25) is 9.36 Å². The SMILES string of the molecule is Cc1noc(-c2c(N)ncnc2NC(C)c2nc3cccc(Cl)c3c(=O)n2C2CC2CO)n1. The summed E-state index contributed by atoms with van der Waals surface area (Å²) in [5.74, 6) is 1.63. The van der Waals surface area contributed by atoms with E-state index in [9.17, 15) is 9.90 Å². The van der Waals surface area contributed by atoms with Gasteiger partial charge >= 0.3 is 0 Å². The number of anilines is 2. The van der Waals surface area contributed by atoms with Crippen LogP contribution in [0.15, 0.2) is 33.8 Å². The van der Waals surface area contributed by atoms with Gasteiger partial charge in [0.05, 0.1) is 22.0 Å². The fourth-order valence-electron chi connectivity index (χ4n) is 3.98. The minimum Gasteiger partial charge on any atom is -0.396 e. The third-order valence-corrected chi connectivity index (χ3v) is 6.03. The molecule has 3 heterocycles. The average Bonchev–Trinajstić information content (AvgIpc) is 3.44. The highest BCUT2D eigenvalue weighted by Gasteiger charge is 2.41. The van der Waals surface area contributed by atoms with E-state index in [0.717, 1.165) is 0 Å². The zero-order valence-electron chi connectivity index (χ0n) is 17.9. The number of benzene rings is 1. The molecule has 3 unspecified atom stereocenters. The van der Waals surface area contributed by atoms with E-state index >= 15 is 0 Å². The Kier molecular flexibility index (Phi) is 5.22. The van der Waals surface area contributed by atoms with Crippen molar-refractivity contribution in [3.8, 4) is 11.5 Å². The Morgan fingerprint density at radius 3 is 2.88 bits per heavy atom. The smallest absolute Gasteiger partial charge is 0.265 e. The molecule has 1 aliphatic rings. The fraction of sp³-hybridized carbons (Fsp3) is 0.333. The summed E-state index contributed by atoms with van der Waals surface area (Å²) in [5, 5.41) is 17.4. The second-order valence-electron chi connectivity index (χ2n) is 8.02. The Balaban J connectivity index is 1.62. The van der Waals surface area contributed by atoms with Crippen molar-refractivity contribution in [2.45, 2.75) is 32.4 Å². The van der Waals surface area contributed by atoms with E-state index in [0.29, 0.717) is 45.4 Å². The van der Waals surface area contributed by atoms with Gasteiger partial charge in [-0.15, -0.1) is 0 Å². The number of halogens is 1. The van der Waals surface area contributed by atoms with Crippen molar-refractivity contribution in [1.82, 2.24) is 29.7 Å². The van der Waals surface area contributed by atoms with Crippen LogP contribution in [0.4, 0.5) is 11.6 Å². The third kappa shape index (κ3) is 3.68. The Bertz CT molecular complexity index is 1420. The number of aliphatic hydroxyl groups excluding tert-OH is 1. The van der Waals surface area contributed by atoms with Crippen molar-refractivity contribution < 1.29 is 9.63 Å². The van der Waals surface area contributed by atoms with Gasteiger partial charge < -0.3 is 20.7 Å². The highest BCUT2D eigenvalue weighted by atomic mass is 35.5. The van der Waals surface area contributed by atoms with Gasteiger partial charge in [-0.1, -0.05) is 22.8 Å². The molecule has 4 N–H and O–H groups in total. The van der Waals surface area contributed by atoms with E-state index in [2.05, 4.69) is 25.4 Å². The molecule has 12 heteroatoms. The molecule has 3 atom stereocenters. The van der Waals surface area contributed by atoms with Gasteiger partial charge in [0.15, 0.2) is 5.82 Å². The lowest BCUT2D eigenvalue weighted by atomic mass is 10.2. The first-order chi connectivity index (χ1) is 15.9. The molecule has 4 aromatic rings. The monoisotopic (exact) mass is 468 g/mol. The lowest BCUT2D eigenvalue weighted by Gasteiger charge is -2.21. The molecule has 1 fully saturated rings. The third-order valence-electron chi connectivity index (χ3n) is 5.72. The molecule has 1 aromatic carbocycles. The molecule has 1 saturated carbocycles. The molecule has 3 aromatic heterocycles. The maximum Gasteiger partial charge on any atom is 0.265 e. The predicted molar refractivity (Wildman–Crippen MR) is 122 cm³/mol. The number of aromatic nitrogens is 6. The highest BCUT2D eigenvalue weighted by molar-refractivity contribution is 6.35. The highest BCUT2D eigenvalue weighted by Crippen LogP contribution is 2.43. The van der Waals surface area contributed by atoms with Crippen LogP contribution in [-0.2, 0) is 0 Å². The molecule has 0 saturated heterocycles. The first kappa shape index (κ1) is 21.3. The second-order valence-corrected chi connectivity index (χ2v) is 8.43. The molecule has 0 bridgehead atoms. The largest absolute Gasteiger partial charge is 0.396 e. The van der Waals surface area contributed by atoms with Crippen molar-refractivity contribution in [2.24, 2.45) is 5.92 Å².